The molecule has 124 valence electrons. The van der Waals surface area contributed by atoms with E-state index in [9.17, 15) is 4.79 Å². The summed E-state index contributed by atoms with van der Waals surface area (Å²) in [5.74, 6) is 0.0515. The van der Waals surface area contributed by atoms with Crippen LogP contribution in [0.25, 0.3) is 22.4 Å². The van der Waals surface area contributed by atoms with Gasteiger partial charge in [0.2, 0.25) is 0 Å². The Labute approximate surface area is 141 Å². The van der Waals surface area contributed by atoms with Crippen LogP contribution in [0, 0.1) is 5.41 Å². The number of Topliss-reactive ketones (excluding diaryl/α,β-unsaturated/α-hetero) is 1. The lowest BCUT2D eigenvalue weighted by atomic mass is 9.87. The van der Waals surface area contributed by atoms with Crippen molar-refractivity contribution < 1.29 is 9.53 Å². The van der Waals surface area contributed by atoms with Gasteiger partial charge in [-0.2, -0.15) is 0 Å². The zero-order chi connectivity index (χ0) is 17.3. The summed E-state index contributed by atoms with van der Waals surface area (Å²) >= 11 is 0. The summed E-state index contributed by atoms with van der Waals surface area (Å²) in [5, 5.41) is 0. The number of aromatic nitrogens is 3. The van der Waals surface area contributed by atoms with Crippen LogP contribution in [0.1, 0.15) is 36.7 Å². The van der Waals surface area contributed by atoms with Crippen LogP contribution >= 0.6 is 0 Å². The molecule has 1 N–H and O–H groups in total. The van der Waals surface area contributed by atoms with Gasteiger partial charge in [-0.05, 0) is 5.56 Å². The van der Waals surface area contributed by atoms with Crippen molar-refractivity contribution in [1.82, 2.24) is 15.0 Å². The van der Waals surface area contributed by atoms with Crippen molar-refractivity contribution >= 4 is 16.9 Å². The predicted molar refractivity (Wildman–Crippen MR) is 93.8 cm³/mol. The quantitative estimate of drug-likeness (QED) is 0.737. The van der Waals surface area contributed by atoms with Crippen LogP contribution in [0.3, 0.4) is 0 Å². The van der Waals surface area contributed by atoms with Crippen molar-refractivity contribution in [3.63, 3.8) is 0 Å². The minimum Gasteiger partial charge on any atom is -0.380 e. The van der Waals surface area contributed by atoms with Crippen LogP contribution in [0.5, 0.6) is 0 Å². The van der Waals surface area contributed by atoms with E-state index in [1.165, 1.54) is 0 Å². The fourth-order valence-electron chi connectivity index (χ4n) is 2.55. The molecule has 5 heteroatoms. The number of hydrogen-bond donors (Lipinski definition) is 1. The van der Waals surface area contributed by atoms with Gasteiger partial charge in [0.05, 0.1) is 24.1 Å². The first-order valence-electron chi connectivity index (χ1n) is 7.87. The summed E-state index contributed by atoms with van der Waals surface area (Å²) in [6.45, 7) is 6.28. The predicted octanol–water partition coefficient (Wildman–Crippen LogP) is 4.00. The third kappa shape index (κ3) is 3.08. The van der Waals surface area contributed by atoms with Gasteiger partial charge in [0.25, 0.3) is 0 Å². The first-order valence-corrected chi connectivity index (χ1v) is 7.87. The second kappa shape index (κ2) is 6.17. The van der Waals surface area contributed by atoms with Crippen molar-refractivity contribution in [3.05, 3.63) is 47.8 Å². The van der Waals surface area contributed by atoms with E-state index >= 15 is 0 Å². The van der Waals surface area contributed by atoms with Gasteiger partial charge in [0.1, 0.15) is 5.52 Å². The van der Waals surface area contributed by atoms with Crippen molar-refractivity contribution in [1.29, 1.82) is 0 Å². The molecule has 0 saturated heterocycles. The summed E-state index contributed by atoms with van der Waals surface area (Å²) in [7, 11) is 1.67. The first-order chi connectivity index (χ1) is 11.4. The van der Waals surface area contributed by atoms with E-state index in [0.29, 0.717) is 23.3 Å². The Bertz CT molecular complexity index is 874. The first kappa shape index (κ1) is 16.3. The molecule has 2 aromatic heterocycles. The zero-order valence-corrected chi connectivity index (χ0v) is 14.4. The Morgan fingerprint density at radius 3 is 2.54 bits per heavy atom. The Morgan fingerprint density at radius 2 is 1.92 bits per heavy atom. The number of carbonyl (C=O) groups excluding carboxylic acids is 1. The summed E-state index contributed by atoms with van der Waals surface area (Å²) in [6.07, 6.45) is 3.42. The van der Waals surface area contributed by atoms with Crippen LogP contribution in [0.4, 0.5) is 0 Å². The Morgan fingerprint density at radius 1 is 1.21 bits per heavy atom. The number of aromatic amines is 1. The van der Waals surface area contributed by atoms with Gasteiger partial charge in [-0.25, -0.2) is 9.97 Å². The third-order valence-electron chi connectivity index (χ3n) is 3.87. The Hall–Kier alpha value is -2.53. The molecule has 24 heavy (non-hydrogen) atoms. The molecule has 0 fully saturated rings. The molecule has 0 radical (unpaired) electrons. The van der Waals surface area contributed by atoms with Crippen molar-refractivity contribution in [2.24, 2.45) is 5.41 Å². The number of fused-ring (bicyclic) bond motifs is 1. The standard InChI is InChI=1S/C19H21N3O2/c1-19(2,3)17(23)14-9-20-18-16(14)22-15(10-21-18)13-7-5-12(6-8-13)11-24-4/h5-10H,11H2,1-4H3,(H,20,21). The van der Waals surface area contributed by atoms with Gasteiger partial charge < -0.3 is 9.72 Å². The van der Waals surface area contributed by atoms with Gasteiger partial charge in [-0.3, -0.25) is 4.79 Å². The molecule has 1 aromatic carbocycles. The highest BCUT2D eigenvalue weighted by molar-refractivity contribution is 6.08. The average molecular weight is 323 g/mol. The van der Waals surface area contributed by atoms with Crippen LogP contribution in [-0.2, 0) is 11.3 Å². The normalized spacial score (nSPS) is 11.8. The lowest BCUT2D eigenvalue weighted by molar-refractivity contribution is 0.0860. The summed E-state index contributed by atoms with van der Waals surface area (Å²) in [4.78, 5) is 24.7. The molecule has 0 aliphatic carbocycles. The maximum absolute atomic E-state index is 12.6. The molecular formula is C19H21N3O2. The molecule has 0 spiro atoms. The Kier molecular flexibility index (Phi) is 4.20. The van der Waals surface area contributed by atoms with E-state index in [1.54, 1.807) is 19.5 Å². The third-order valence-corrected chi connectivity index (χ3v) is 3.87. The van der Waals surface area contributed by atoms with Gasteiger partial charge in [0.15, 0.2) is 11.4 Å². The smallest absolute Gasteiger partial charge is 0.171 e. The monoisotopic (exact) mass is 323 g/mol. The topological polar surface area (TPSA) is 67.9 Å². The summed E-state index contributed by atoms with van der Waals surface area (Å²) < 4.78 is 5.13. The summed E-state index contributed by atoms with van der Waals surface area (Å²) in [6, 6.07) is 7.98. The van der Waals surface area contributed by atoms with E-state index in [1.807, 2.05) is 45.0 Å². The fraction of sp³-hybridized carbons (Fsp3) is 0.316. The fourth-order valence-corrected chi connectivity index (χ4v) is 2.55. The molecule has 0 saturated carbocycles. The van der Waals surface area contributed by atoms with Crippen LogP contribution < -0.4 is 0 Å². The van der Waals surface area contributed by atoms with Crippen LogP contribution in [-0.4, -0.2) is 27.8 Å². The van der Waals surface area contributed by atoms with E-state index in [-0.39, 0.29) is 5.78 Å². The van der Waals surface area contributed by atoms with Gasteiger partial charge in [-0.15, -0.1) is 0 Å². The van der Waals surface area contributed by atoms with E-state index in [0.717, 1.165) is 16.8 Å². The molecule has 2 heterocycles. The summed E-state index contributed by atoms with van der Waals surface area (Å²) in [5.41, 5.74) is 4.17. The van der Waals surface area contributed by atoms with Crippen LogP contribution in [0.15, 0.2) is 36.7 Å². The van der Waals surface area contributed by atoms with Gasteiger partial charge in [0, 0.05) is 24.3 Å². The lowest BCUT2D eigenvalue weighted by Gasteiger charge is -2.15. The molecule has 5 nitrogen and oxygen atoms in total. The highest BCUT2D eigenvalue weighted by Gasteiger charge is 2.26. The minimum atomic E-state index is -0.464. The lowest BCUT2D eigenvalue weighted by Crippen LogP contribution is -2.20. The molecule has 3 aromatic rings. The molecule has 0 unspecified atom stereocenters. The molecule has 0 bridgehead atoms. The highest BCUT2D eigenvalue weighted by atomic mass is 16.5. The second-order valence-electron chi connectivity index (χ2n) is 6.86. The number of methoxy groups -OCH3 is 1. The number of ether oxygens (including phenoxy) is 1. The number of nitrogens with zero attached hydrogens (tertiary/aromatic N) is 2. The number of nitrogens with one attached hydrogen (secondary N) is 1. The molecule has 0 atom stereocenters. The maximum Gasteiger partial charge on any atom is 0.171 e. The SMILES string of the molecule is COCc1ccc(-c2cnc3[nH]cc(C(=O)C(C)(C)C)c3n2)cc1. The van der Waals surface area contributed by atoms with Gasteiger partial charge >= 0.3 is 0 Å². The zero-order valence-electron chi connectivity index (χ0n) is 14.4. The van der Waals surface area contributed by atoms with E-state index in [4.69, 9.17) is 4.74 Å². The van der Waals surface area contributed by atoms with Crippen LogP contribution in [0.2, 0.25) is 0 Å². The van der Waals surface area contributed by atoms with Gasteiger partial charge in [-0.1, -0.05) is 45.0 Å². The molecule has 3 rings (SSSR count). The molecular weight excluding hydrogens is 302 g/mol. The average Bonchev–Trinajstić information content (AvgIpc) is 2.97. The minimum absolute atomic E-state index is 0.0515. The number of benzene rings is 1. The maximum atomic E-state index is 12.6. The van der Waals surface area contributed by atoms with Crippen molar-refractivity contribution in [2.45, 2.75) is 27.4 Å². The second-order valence-corrected chi connectivity index (χ2v) is 6.86. The van der Waals surface area contributed by atoms with Crippen molar-refractivity contribution in [2.75, 3.05) is 7.11 Å². The molecule has 0 aliphatic heterocycles. The Balaban J connectivity index is 2.03. The largest absolute Gasteiger partial charge is 0.380 e. The molecule has 0 aliphatic rings. The highest BCUT2D eigenvalue weighted by Crippen LogP contribution is 2.27. The van der Waals surface area contributed by atoms with E-state index < -0.39 is 5.41 Å². The van der Waals surface area contributed by atoms with Crippen molar-refractivity contribution in [3.8, 4) is 11.3 Å². The number of ketones is 1. The number of H-pyrrole nitrogens is 1. The number of hydrogen-bond acceptors (Lipinski definition) is 4. The van der Waals surface area contributed by atoms with E-state index in [2.05, 4.69) is 15.0 Å². The molecule has 0 amide bonds. The number of rotatable bonds is 4. The number of carbonyl (C=O) groups is 1.